The summed E-state index contributed by atoms with van der Waals surface area (Å²) in [6.07, 6.45) is 4.12. The predicted octanol–water partition coefficient (Wildman–Crippen LogP) is 1.40. The standard InChI is InChI=1S/C13H26N2O2/c1-3-9-15(12-5-7-14-8-6-12)13(16)11-17-10-4-2/h12,14H,3-11H2,1-2H3. The Morgan fingerprint density at radius 1 is 1.29 bits per heavy atom. The van der Waals surface area contributed by atoms with E-state index >= 15 is 0 Å². The molecule has 1 aliphatic heterocycles. The van der Waals surface area contributed by atoms with Crippen LogP contribution in [0, 0.1) is 0 Å². The fourth-order valence-corrected chi connectivity index (χ4v) is 2.26. The first-order valence-electron chi connectivity index (χ1n) is 6.87. The summed E-state index contributed by atoms with van der Waals surface area (Å²) in [5.74, 6) is 0.159. The van der Waals surface area contributed by atoms with Crippen LogP contribution in [0.5, 0.6) is 0 Å². The number of nitrogens with one attached hydrogen (secondary N) is 1. The molecule has 1 N–H and O–H groups in total. The van der Waals surface area contributed by atoms with Gasteiger partial charge in [0.25, 0.3) is 0 Å². The van der Waals surface area contributed by atoms with E-state index in [0.29, 0.717) is 12.6 Å². The Labute approximate surface area is 105 Å². The van der Waals surface area contributed by atoms with E-state index in [1.807, 2.05) is 4.90 Å². The quantitative estimate of drug-likeness (QED) is 0.686. The Balaban J connectivity index is 2.42. The van der Waals surface area contributed by atoms with Crippen molar-refractivity contribution in [3.8, 4) is 0 Å². The second kappa shape index (κ2) is 8.48. The molecule has 1 fully saturated rings. The lowest BCUT2D eigenvalue weighted by molar-refractivity contribution is -0.139. The molecule has 0 bridgehead atoms. The minimum Gasteiger partial charge on any atom is -0.372 e. The van der Waals surface area contributed by atoms with Gasteiger partial charge in [0.1, 0.15) is 6.61 Å². The summed E-state index contributed by atoms with van der Waals surface area (Å²) in [4.78, 5) is 14.1. The van der Waals surface area contributed by atoms with Crippen LogP contribution in [0.15, 0.2) is 0 Å². The molecule has 1 rings (SSSR count). The van der Waals surface area contributed by atoms with Crippen LogP contribution in [0.4, 0.5) is 0 Å². The summed E-state index contributed by atoms with van der Waals surface area (Å²) in [7, 11) is 0. The van der Waals surface area contributed by atoms with E-state index in [-0.39, 0.29) is 12.5 Å². The fraction of sp³-hybridized carbons (Fsp3) is 0.923. The first-order valence-corrected chi connectivity index (χ1v) is 6.87. The van der Waals surface area contributed by atoms with Crippen LogP contribution >= 0.6 is 0 Å². The van der Waals surface area contributed by atoms with Gasteiger partial charge < -0.3 is 15.0 Å². The molecule has 4 heteroatoms. The highest BCUT2D eigenvalue weighted by Gasteiger charge is 2.24. The monoisotopic (exact) mass is 242 g/mol. The molecule has 1 saturated heterocycles. The third-order valence-electron chi connectivity index (χ3n) is 3.11. The molecule has 0 saturated carbocycles. The fourth-order valence-electron chi connectivity index (χ4n) is 2.26. The maximum atomic E-state index is 12.1. The van der Waals surface area contributed by atoms with Gasteiger partial charge in [-0.2, -0.15) is 0 Å². The Hall–Kier alpha value is -0.610. The topological polar surface area (TPSA) is 41.6 Å². The number of piperidine rings is 1. The van der Waals surface area contributed by atoms with Crippen molar-refractivity contribution >= 4 is 5.91 Å². The first-order chi connectivity index (χ1) is 8.29. The van der Waals surface area contributed by atoms with E-state index in [1.54, 1.807) is 0 Å². The van der Waals surface area contributed by atoms with Gasteiger partial charge in [-0.25, -0.2) is 0 Å². The normalized spacial score (nSPS) is 17.1. The van der Waals surface area contributed by atoms with Crippen LogP contribution in [0.1, 0.15) is 39.5 Å². The second-order valence-electron chi connectivity index (χ2n) is 4.62. The number of rotatable bonds is 7. The molecule has 17 heavy (non-hydrogen) atoms. The lowest BCUT2D eigenvalue weighted by atomic mass is 10.0. The highest BCUT2D eigenvalue weighted by molar-refractivity contribution is 5.77. The van der Waals surface area contributed by atoms with Gasteiger partial charge in [0.15, 0.2) is 0 Å². The molecule has 0 aromatic heterocycles. The van der Waals surface area contributed by atoms with Gasteiger partial charge in [-0.1, -0.05) is 13.8 Å². The van der Waals surface area contributed by atoms with Crippen molar-refractivity contribution in [2.75, 3.05) is 32.8 Å². The van der Waals surface area contributed by atoms with E-state index < -0.39 is 0 Å². The molecule has 100 valence electrons. The van der Waals surface area contributed by atoms with Gasteiger partial charge in [0, 0.05) is 19.2 Å². The Morgan fingerprint density at radius 2 is 2.00 bits per heavy atom. The number of ether oxygens (including phenoxy) is 1. The molecule has 1 amide bonds. The Bertz CT molecular complexity index is 215. The molecule has 0 unspecified atom stereocenters. The zero-order valence-electron chi connectivity index (χ0n) is 11.2. The van der Waals surface area contributed by atoms with Crippen molar-refractivity contribution in [2.24, 2.45) is 0 Å². The smallest absolute Gasteiger partial charge is 0.248 e. The molecule has 0 aromatic rings. The highest BCUT2D eigenvalue weighted by atomic mass is 16.5. The number of carbonyl (C=O) groups excluding carboxylic acids is 1. The number of carbonyl (C=O) groups is 1. The third kappa shape index (κ3) is 5.04. The first kappa shape index (κ1) is 14.5. The second-order valence-corrected chi connectivity index (χ2v) is 4.62. The lowest BCUT2D eigenvalue weighted by Gasteiger charge is -2.34. The SMILES string of the molecule is CCCOCC(=O)N(CCC)C1CCNCC1. The van der Waals surface area contributed by atoms with Crippen LogP contribution in [0.2, 0.25) is 0 Å². The Kier molecular flexibility index (Phi) is 7.21. The van der Waals surface area contributed by atoms with Crippen molar-refractivity contribution in [1.29, 1.82) is 0 Å². The van der Waals surface area contributed by atoms with Crippen LogP contribution in [-0.4, -0.2) is 49.7 Å². The third-order valence-corrected chi connectivity index (χ3v) is 3.11. The van der Waals surface area contributed by atoms with Crippen molar-refractivity contribution in [1.82, 2.24) is 10.2 Å². The summed E-state index contributed by atoms with van der Waals surface area (Å²) in [6.45, 7) is 8.01. The zero-order valence-corrected chi connectivity index (χ0v) is 11.2. The Morgan fingerprint density at radius 3 is 2.59 bits per heavy atom. The molecular formula is C13H26N2O2. The molecule has 1 aliphatic rings. The number of hydrogen-bond acceptors (Lipinski definition) is 3. The number of hydrogen-bond donors (Lipinski definition) is 1. The minimum atomic E-state index is 0.159. The molecule has 0 spiro atoms. The average molecular weight is 242 g/mol. The molecule has 0 radical (unpaired) electrons. The average Bonchev–Trinajstić information content (AvgIpc) is 2.37. The largest absolute Gasteiger partial charge is 0.372 e. The zero-order chi connectivity index (χ0) is 12.5. The van der Waals surface area contributed by atoms with Crippen LogP contribution < -0.4 is 5.32 Å². The summed E-state index contributed by atoms with van der Waals surface area (Å²) in [5, 5.41) is 3.33. The maximum Gasteiger partial charge on any atom is 0.248 e. The number of nitrogens with zero attached hydrogens (tertiary/aromatic N) is 1. The maximum absolute atomic E-state index is 12.1. The van der Waals surface area contributed by atoms with Gasteiger partial charge in [-0.05, 0) is 38.8 Å². The molecule has 4 nitrogen and oxygen atoms in total. The van der Waals surface area contributed by atoms with E-state index in [4.69, 9.17) is 4.74 Å². The van der Waals surface area contributed by atoms with Crippen LogP contribution in [-0.2, 0) is 9.53 Å². The summed E-state index contributed by atoms with van der Waals surface area (Å²) in [6, 6.07) is 0.411. The van der Waals surface area contributed by atoms with Gasteiger partial charge in [-0.15, -0.1) is 0 Å². The van der Waals surface area contributed by atoms with Crippen LogP contribution in [0.25, 0.3) is 0 Å². The molecular weight excluding hydrogens is 216 g/mol. The van der Waals surface area contributed by atoms with Crippen molar-refractivity contribution in [3.05, 3.63) is 0 Å². The summed E-state index contributed by atoms with van der Waals surface area (Å²) >= 11 is 0. The van der Waals surface area contributed by atoms with Crippen molar-refractivity contribution in [2.45, 2.75) is 45.6 Å². The molecule has 1 heterocycles. The van der Waals surface area contributed by atoms with Crippen molar-refractivity contribution in [3.63, 3.8) is 0 Å². The van der Waals surface area contributed by atoms with Gasteiger partial charge in [0.05, 0.1) is 0 Å². The molecule has 0 aliphatic carbocycles. The van der Waals surface area contributed by atoms with Gasteiger partial charge in [-0.3, -0.25) is 4.79 Å². The predicted molar refractivity (Wildman–Crippen MR) is 69.0 cm³/mol. The molecule has 0 aromatic carbocycles. The summed E-state index contributed by atoms with van der Waals surface area (Å²) in [5.41, 5.74) is 0. The van der Waals surface area contributed by atoms with E-state index in [9.17, 15) is 4.79 Å². The number of amides is 1. The summed E-state index contributed by atoms with van der Waals surface area (Å²) < 4.78 is 5.36. The van der Waals surface area contributed by atoms with Gasteiger partial charge in [0.2, 0.25) is 5.91 Å². The highest BCUT2D eigenvalue weighted by Crippen LogP contribution is 2.12. The lowest BCUT2D eigenvalue weighted by Crippen LogP contribution is -2.47. The van der Waals surface area contributed by atoms with E-state index in [2.05, 4.69) is 19.2 Å². The minimum absolute atomic E-state index is 0.159. The molecule has 0 atom stereocenters. The van der Waals surface area contributed by atoms with Crippen LogP contribution in [0.3, 0.4) is 0 Å². The van der Waals surface area contributed by atoms with Crippen molar-refractivity contribution < 1.29 is 9.53 Å². The van der Waals surface area contributed by atoms with Gasteiger partial charge >= 0.3 is 0 Å². The van der Waals surface area contributed by atoms with E-state index in [1.165, 1.54) is 0 Å². The van der Waals surface area contributed by atoms with E-state index in [0.717, 1.165) is 45.3 Å².